The van der Waals surface area contributed by atoms with E-state index < -0.39 is 0 Å². The summed E-state index contributed by atoms with van der Waals surface area (Å²) in [6.07, 6.45) is 3.02. The molecule has 0 bridgehead atoms. The number of piperidine rings is 1. The van der Waals surface area contributed by atoms with Gasteiger partial charge < -0.3 is 15.0 Å². The summed E-state index contributed by atoms with van der Waals surface area (Å²) in [5.41, 5.74) is 0. The highest BCUT2D eigenvalue weighted by Gasteiger charge is 2.16. The van der Waals surface area contributed by atoms with Crippen molar-refractivity contribution in [2.75, 3.05) is 33.8 Å². The molecule has 0 aliphatic carbocycles. The van der Waals surface area contributed by atoms with Gasteiger partial charge in [-0.3, -0.25) is 4.79 Å². The van der Waals surface area contributed by atoms with Crippen LogP contribution in [0.2, 0.25) is 0 Å². The molecule has 1 fully saturated rings. The van der Waals surface area contributed by atoms with E-state index >= 15 is 0 Å². The normalized spacial score (nSPS) is 20.0. The van der Waals surface area contributed by atoms with E-state index in [2.05, 4.69) is 28.1 Å². The smallest absolute Gasteiger partial charge is 0.310 e. The van der Waals surface area contributed by atoms with Gasteiger partial charge in [-0.25, -0.2) is 0 Å². The summed E-state index contributed by atoms with van der Waals surface area (Å²) in [7, 11) is 3.63. The van der Waals surface area contributed by atoms with E-state index in [1.54, 1.807) is 11.3 Å². The van der Waals surface area contributed by atoms with Crippen molar-refractivity contribution in [1.82, 2.24) is 10.2 Å². The number of nitrogens with one attached hydrogen (secondary N) is 1. The maximum absolute atomic E-state index is 11.2. The Labute approximate surface area is 125 Å². The fourth-order valence-corrected chi connectivity index (χ4v) is 3.64. The number of carbonyl (C=O) groups excluding carboxylic acids is 1. The molecule has 1 aromatic rings. The van der Waals surface area contributed by atoms with Gasteiger partial charge in [0.25, 0.3) is 0 Å². The third-order valence-corrected chi connectivity index (χ3v) is 4.80. The minimum atomic E-state index is -0.170. The Morgan fingerprint density at radius 2 is 2.30 bits per heavy atom. The molecule has 1 aliphatic heterocycles. The number of nitrogens with zero attached hydrogens (tertiary/aromatic N) is 1. The minimum Gasteiger partial charge on any atom is -0.469 e. The Morgan fingerprint density at radius 1 is 1.50 bits per heavy atom. The van der Waals surface area contributed by atoms with Gasteiger partial charge in [0.1, 0.15) is 0 Å². The number of ether oxygens (including phenoxy) is 1. The van der Waals surface area contributed by atoms with Crippen molar-refractivity contribution >= 4 is 17.3 Å². The van der Waals surface area contributed by atoms with Gasteiger partial charge in [-0.15, -0.1) is 11.3 Å². The molecule has 1 saturated heterocycles. The Bertz CT molecular complexity index is 433. The molecule has 1 unspecified atom stereocenters. The van der Waals surface area contributed by atoms with Crippen molar-refractivity contribution in [1.29, 1.82) is 0 Å². The van der Waals surface area contributed by atoms with Crippen LogP contribution in [0, 0.1) is 5.92 Å². The number of carbonyl (C=O) groups is 1. The van der Waals surface area contributed by atoms with Gasteiger partial charge in [0.2, 0.25) is 0 Å². The van der Waals surface area contributed by atoms with Gasteiger partial charge in [-0.05, 0) is 51.0 Å². The van der Waals surface area contributed by atoms with Crippen LogP contribution in [0.5, 0.6) is 0 Å². The molecular weight excluding hydrogens is 272 g/mol. The molecule has 2 rings (SSSR count). The maximum atomic E-state index is 11.2. The first kappa shape index (κ1) is 15.5. The van der Waals surface area contributed by atoms with E-state index in [0.29, 0.717) is 6.42 Å². The van der Waals surface area contributed by atoms with Crippen LogP contribution in [0.25, 0.3) is 0 Å². The number of rotatable bonds is 6. The molecule has 2 heterocycles. The lowest BCUT2D eigenvalue weighted by Crippen LogP contribution is -2.37. The van der Waals surface area contributed by atoms with Crippen molar-refractivity contribution < 1.29 is 9.53 Å². The van der Waals surface area contributed by atoms with Crippen LogP contribution in [0.4, 0.5) is 0 Å². The topological polar surface area (TPSA) is 41.6 Å². The Morgan fingerprint density at radius 3 is 3.05 bits per heavy atom. The molecule has 0 saturated carbocycles. The second-order valence-electron chi connectivity index (χ2n) is 5.52. The van der Waals surface area contributed by atoms with Crippen molar-refractivity contribution in [3.8, 4) is 0 Å². The summed E-state index contributed by atoms with van der Waals surface area (Å²) in [5, 5.41) is 3.54. The second kappa shape index (κ2) is 7.76. The van der Waals surface area contributed by atoms with E-state index in [9.17, 15) is 4.79 Å². The van der Waals surface area contributed by atoms with Gasteiger partial charge in [0.15, 0.2) is 0 Å². The third-order valence-electron chi connectivity index (χ3n) is 3.72. The largest absolute Gasteiger partial charge is 0.469 e. The first-order chi connectivity index (χ1) is 9.67. The number of hydrogen-bond donors (Lipinski definition) is 1. The fraction of sp³-hybridized carbons (Fsp3) is 0.667. The second-order valence-corrected chi connectivity index (χ2v) is 6.78. The molecule has 4 nitrogen and oxygen atoms in total. The van der Waals surface area contributed by atoms with Gasteiger partial charge >= 0.3 is 5.97 Å². The molecule has 1 aliphatic rings. The fourth-order valence-electron chi connectivity index (χ4n) is 2.67. The number of hydrogen-bond acceptors (Lipinski definition) is 5. The summed E-state index contributed by atoms with van der Waals surface area (Å²) < 4.78 is 4.68. The van der Waals surface area contributed by atoms with E-state index in [-0.39, 0.29) is 5.97 Å². The number of likely N-dealkylation sites (tertiary alicyclic amines) is 1. The summed E-state index contributed by atoms with van der Waals surface area (Å²) in [4.78, 5) is 16.0. The number of thiophene rings is 1. The Balaban J connectivity index is 1.70. The van der Waals surface area contributed by atoms with E-state index in [0.717, 1.165) is 23.9 Å². The lowest BCUT2D eigenvalue weighted by Gasteiger charge is -2.29. The molecule has 20 heavy (non-hydrogen) atoms. The molecule has 5 heteroatoms. The van der Waals surface area contributed by atoms with Gasteiger partial charge in [-0.2, -0.15) is 0 Å². The lowest BCUT2D eigenvalue weighted by atomic mass is 9.98. The van der Waals surface area contributed by atoms with Crippen LogP contribution >= 0.6 is 11.3 Å². The molecule has 112 valence electrons. The first-order valence-electron chi connectivity index (χ1n) is 7.21. The Hall–Kier alpha value is -0.910. The van der Waals surface area contributed by atoms with Gasteiger partial charge in [0.05, 0.1) is 13.5 Å². The standard InChI is InChI=1S/C15H24N2O2S/c1-17-7-3-4-12(11-17)9-16-10-14-6-5-13(20-14)8-15(18)19-2/h5-6,12,16H,3-4,7-11H2,1-2H3. The van der Waals surface area contributed by atoms with Gasteiger partial charge in [0, 0.05) is 22.8 Å². The molecule has 0 aromatic carbocycles. The third kappa shape index (κ3) is 4.89. The zero-order valence-electron chi connectivity index (χ0n) is 12.4. The average Bonchev–Trinajstić information content (AvgIpc) is 2.86. The van der Waals surface area contributed by atoms with Crippen molar-refractivity contribution in [3.05, 3.63) is 21.9 Å². The minimum absolute atomic E-state index is 0.170. The van der Waals surface area contributed by atoms with Crippen LogP contribution in [0.15, 0.2) is 12.1 Å². The van der Waals surface area contributed by atoms with Crippen LogP contribution in [0.3, 0.4) is 0 Å². The molecular formula is C15H24N2O2S. The summed E-state index contributed by atoms with van der Waals surface area (Å²) in [5.74, 6) is 0.597. The highest BCUT2D eigenvalue weighted by atomic mass is 32.1. The summed E-state index contributed by atoms with van der Waals surface area (Å²) >= 11 is 1.69. The predicted octanol–water partition coefficient (Wildman–Crippen LogP) is 1.89. The maximum Gasteiger partial charge on any atom is 0.310 e. The van der Waals surface area contributed by atoms with Crippen LogP contribution in [-0.2, 0) is 22.5 Å². The van der Waals surface area contributed by atoms with E-state index in [1.807, 2.05) is 6.07 Å². The monoisotopic (exact) mass is 296 g/mol. The van der Waals surface area contributed by atoms with Crippen LogP contribution in [-0.4, -0.2) is 44.7 Å². The molecule has 1 atom stereocenters. The highest BCUT2D eigenvalue weighted by Crippen LogP contribution is 2.18. The lowest BCUT2D eigenvalue weighted by molar-refractivity contribution is -0.139. The number of esters is 1. The van der Waals surface area contributed by atoms with Gasteiger partial charge in [-0.1, -0.05) is 0 Å². The Kier molecular flexibility index (Phi) is 6.01. The van der Waals surface area contributed by atoms with Crippen molar-refractivity contribution in [3.63, 3.8) is 0 Å². The van der Waals surface area contributed by atoms with Crippen molar-refractivity contribution in [2.45, 2.75) is 25.8 Å². The molecule has 1 aromatic heterocycles. The molecule has 0 spiro atoms. The summed E-state index contributed by atoms with van der Waals surface area (Å²) in [6.45, 7) is 4.41. The van der Waals surface area contributed by atoms with Crippen LogP contribution in [0.1, 0.15) is 22.6 Å². The number of methoxy groups -OCH3 is 1. The highest BCUT2D eigenvalue weighted by molar-refractivity contribution is 7.12. The van der Waals surface area contributed by atoms with E-state index in [4.69, 9.17) is 0 Å². The zero-order valence-corrected chi connectivity index (χ0v) is 13.2. The SMILES string of the molecule is COC(=O)Cc1ccc(CNCC2CCCN(C)C2)s1. The molecule has 1 N–H and O–H groups in total. The van der Waals surface area contributed by atoms with Crippen molar-refractivity contribution in [2.24, 2.45) is 5.92 Å². The van der Waals surface area contributed by atoms with Crippen LogP contribution < -0.4 is 5.32 Å². The zero-order chi connectivity index (χ0) is 14.4. The van der Waals surface area contributed by atoms with E-state index in [1.165, 1.54) is 37.9 Å². The molecule has 0 amide bonds. The quantitative estimate of drug-likeness (QED) is 0.814. The molecule has 0 radical (unpaired) electrons. The first-order valence-corrected chi connectivity index (χ1v) is 8.02. The summed E-state index contributed by atoms with van der Waals surface area (Å²) in [6, 6.07) is 4.12. The predicted molar refractivity (Wildman–Crippen MR) is 82.0 cm³/mol. The average molecular weight is 296 g/mol.